The molecule has 0 aromatic rings. The van der Waals surface area contributed by atoms with Crippen LogP contribution in [-0.2, 0) is 14.4 Å². The highest BCUT2D eigenvalue weighted by molar-refractivity contribution is 5.67. The summed E-state index contributed by atoms with van der Waals surface area (Å²) in [5, 5.41) is 27.2. The Balaban J connectivity index is 4.21. The average molecular weight is 653 g/mol. The Morgan fingerprint density at radius 2 is 0.696 bits per heavy atom. The molecule has 0 unspecified atom stereocenters. The largest absolute Gasteiger partial charge is 0.481 e. The van der Waals surface area contributed by atoms with Gasteiger partial charge in [-0.25, -0.2) is 0 Å². The highest BCUT2D eigenvalue weighted by Crippen LogP contribution is 2.19. The molecular weight excluding hydrogens is 578 g/mol. The number of hydrogen-bond donors (Lipinski definition) is 3. The van der Waals surface area contributed by atoms with Gasteiger partial charge in [0.25, 0.3) is 0 Å². The standard InChI is InChI=1S/C39H73NO6/c1-2-3-4-5-6-7-8-9-10-11-12-13-14-15-16-17-18-19-20-21-22-26-33-40(34-27-23-30-37(41)42,35-28-24-31-38(43)44)36-29-25-32-39(45)46/h26,33H,2-25,27-32,34-36H2,1H3,(H2-,41,42,43,44,45,46)/p+1/b33-26+. The Morgan fingerprint density at radius 3 is 0.978 bits per heavy atom. The van der Waals surface area contributed by atoms with Gasteiger partial charge in [-0.3, -0.25) is 18.9 Å². The molecular formula is C39H74NO6+. The number of unbranched alkanes of at least 4 members (excludes halogenated alkanes) is 23. The lowest BCUT2D eigenvalue weighted by atomic mass is 10.0. The smallest absolute Gasteiger partial charge is 0.303 e. The van der Waals surface area contributed by atoms with Crippen LogP contribution in [0.25, 0.3) is 0 Å². The fourth-order valence-electron chi connectivity index (χ4n) is 6.48. The van der Waals surface area contributed by atoms with E-state index in [1.54, 1.807) is 0 Å². The van der Waals surface area contributed by atoms with Crippen LogP contribution in [-0.4, -0.2) is 57.3 Å². The van der Waals surface area contributed by atoms with Crippen molar-refractivity contribution in [2.24, 2.45) is 0 Å². The van der Waals surface area contributed by atoms with E-state index in [4.69, 9.17) is 15.3 Å². The van der Waals surface area contributed by atoms with Gasteiger partial charge in [-0.1, -0.05) is 129 Å². The molecule has 0 aromatic heterocycles. The highest BCUT2D eigenvalue weighted by Gasteiger charge is 2.24. The molecule has 0 aromatic carbocycles. The molecule has 0 fully saturated rings. The van der Waals surface area contributed by atoms with Gasteiger partial charge in [-0.2, -0.15) is 0 Å². The quantitative estimate of drug-likeness (QED) is 0.0455. The third-order valence-electron chi connectivity index (χ3n) is 9.38. The Hall–Kier alpha value is -1.89. The zero-order valence-electron chi connectivity index (χ0n) is 30.0. The van der Waals surface area contributed by atoms with Gasteiger partial charge in [0.15, 0.2) is 0 Å². The van der Waals surface area contributed by atoms with Gasteiger partial charge in [0.2, 0.25) is 0 Å². The van der Waals surface area contributed by atoms with Crippen LogP contribution in [0.4, 0.5) is 0 Å². The molecule has 0 bridgehead atoms. The number of aliphatic carboxylic acids is 3. The summed E-state index contributed by atoms with van der Waals surface area (Å²) >= 11 is 0. The molecule has 0 amide bonds. The molecule has 7 heteroatoms. The molecule has 0 heterocycles. The summed E-state index contributed by atoms with van der Waals surface area (Å²) in [6.07, 6.45) is 37.7. The summed E-state index contributed by atoms with van der Waals surface area (Å²) in [6.45, 7) is 4.71. The van der Waals surface area contributed by atoms with Crippen molar-refractivity contribution < 1.29 is 34.2 Å². The minimum Gasteiger partial charge on any atom is -0.481 e. The summed E-state index contributed by atoms with van der Waals surface area (Å²) in [6, 6.07) is 0. The molecule has 3 N–H and O–H groups in total. The fourth-order valence-corrected chi connectivity index (χ4v) is 6.48. The fraction of sp³-hybridized carbons (Fsp3) is 0.872. The topological polar surface area (TPSA) is 112 Å². The Bertz CT molecular complexity index is 698. The van der Waals surface area contributed by atoms with E-state index in [1.165, 1.54) is 122 Å². The van der Waals surface area contributed by atoms with E-state index in [0.29, 0.717) is 23.7 Å². The predicted octanol–water partition coefficient (Wildman–Crippen LogP) is 11.3. The van der Waals surface area contributed by atoms with Crippen molar-refractivity contribution in [3.05, 3.63) is 12.3 Å². The Morgan fingerprint density at radius 1 is 0.413 bits per heavy atom. The van der Waals surface area contributed by atoms with Crippen molar-refractivity contribution in [2.75, 3.05) is 19.6 Å². The number of carboxylic acids is 3. The molecule has 0 saturated heterocycles. The third-order valence-corrected chi connectivity index (χ3v) is 9.38. The second-order valence-corrected chi connectivity index (χ2v) is 13.8. The lowest BCUT2D eigenvalue weighted by Crippen LogP contribution is -2.45. The van der Waals surface area contributed by atoms with Gasteiger partial charge in [-0.15, -0.1) is 0 Å². The van der Waals surface area contributed by atoms with Crippen molar-refractivity contribution in [3.63, 3.8) is 0 Å². The number of carboxylic acid groups (broad SMARTS) is 3. The second kappa shape index (κ2) is 33.0. The van der Waals surface area contributed by atoms with Crippen molar-refractivity contribution in [2.45, 2.75) is 200 Å². The zero-order valence-corrected chi connectivity index (χ0v) is 30.0. The summed E-state index contributed by atoms with van der Waals surface area (Å²) in [5.41, 5.74) is 0. The first-order valence-electron chi connectivity index (χ1n) is 19.5. The molecule has 0 saturated carbocycles. The van der Waals surface area contributed by atoms with E-state index in [2.05, 4.69) is 19.2 Å². The van der Waals surface area contributed by atoms with E-state index >= 15 is 0 Å². The summed E-state index contributed by atoms with van der Waals surface area (Å²) in [7, 11) is 0. The van der Waals surface area contributed by atoms with Crippen molar-refractivity contribution in [1.29, 1.82) is 0 Å². The monoisotopic (exact) mass is 653 g/mol. The molecule has 0 atom stereocenters. The number of quaternary nitrogens is 1. The maximum atomic E-state index is 11.0. The lowest BCUT2D eigenvalue weighted by molar-refractivity contribution is -0.880. The number of allylic oxidation sites excluding steroid dienone is 1. The van der Waals surface area contributed by atoms with Gasteiger partial charge in [0, 0.05) is 19.3 Å². The Labute approximate surface area is 283 Å². The molecule has 0 spiro atoms. The highest BCUT2D eigenvalue weighted by atomic mass is 16.4. The number of carbonyl (C=O) groups is 3. The van der Waals surface area contributed by atoms with Crippen LogP contribution in [0.2, 0.25) is 0 Å². The van der Waals surface area contributed by atoms with Crippen LogP contribution >= 0.6 is 0 Å². The predicted molar refractivity (Wildman–Crippen MR) is 191 cm³/mol. The minimum atomic E-state index is -0.781. The van der Waals surface area contributed by atoms with Gasteiger partial charge >= 0.3 is 17.9 Å². The van der Waals surface area contributed by atoms with Crippen molar-refractivity contribution in [3.8, 4) is 0 Å². The first-order valence-corrected chi connectivity index (χ1v) is 19.5. The molecule has 0 radical (unpaired) electrons. The van der Waals surface area contributed by atoms with Crippen LogP contribution < -0.4 is 0 Å². The number of nitrogens with zero attached hydrogens (tertiary/aromatic N) is 1. The lowest BCUT2D eigenvalue weighted by Gasteiger charge is -2.35. The average Bonchev–Trinajstić information content (AvgIpc) is 3.02. The molecule has 0 rings (SSSR count). The summed E-state index contributed by atoms with van der Waals surface area (Å²) in [4.78, 5) is 33.1. The molecule has 270 valence electrons. The van der Waals surface area contributed by atoms with Crippen molar-refractivity contribution >= 4 is 17.9 Å². The second-order valence-electron chi connectivity index (χ2n) is 13.8. The summed E-state index contributed by atoms with van der Waals surface area (Å²) < 4.78 is 0.693. The van der Waals surface area contributed by atoms with Gasteiger partial charge in [0.05, 0.1) is 25.8 Å². The van der Waals surface area contributed by atoms with E-state index in [1.807, 2.05) is 0 Å². The minimum absolute atomic E-state index is 0.154. The van der Waals surface area contributed by atoms with Crippen molar-refractivity contribution in [1.82, 2.24) is 0 Å². The van der Waals surface area contributed by atoms with Crippen LogP contribution in [0.3, 0.4) is 0 Å². The van der Waals surface area contributed by atoms with Gasteiger partial charge in [0.1, 0.15) is 0 Å². The number of hydrogen-bond acceptors (Lipinski definition) is 3. The van der Waals surface area contributed by atoms with Crippen LogP contribution in [0.1, 0.15) is 200 Å². The molecule has 0 aliphatic carbocycles. The molecule has 0 aliphatic rings. The van der Waals surface area contributed by atoms with Crippen LogP contribution in [0.15, 0.2) is 12.3 Å². The van der Waals surface area contributed by atoms with Crippen LogP contribution in [0, 0.1) is 0 Å². The maximum absolute atomic E-state index is 11.0. The third kappa shape index (κ3) is 32.1. The van der Waals surface area contributed by atoms with Gasteiger partial charge in [-0.05, 0) is 57.4 Å². The van der Waals surface area contributed by atoms with E-state index < -0.39 is 17.9 Å². The van der Waals surface area contributed by atoms with Gasteiger partial charge < -0.3 is 15.3 Å². The van der Waals surface area contributed by atoms with E-state index in [-0.39, 0.29) is 19.3 Å². The Kier molecular flexibility index (Phi) is 31.7. The maximum Gasteiger partial charge on any atom is 0.303 e. The number of rotatable bonds is 37. The SMILES string of the molecule is CCCCCCCCCCCCCCCCCCCCCC/C=C/[N+](CCCCC(=O)O)(CCCCC(=O)O)CCCCC(=O)O. The molecule has 7 nitrogen and oxygen atoms in total. The molecule has 46 heavy (non-hydrogen) atoms. The van der Waals surface area contributed by atoms with E-state index in [0.717, 1.165) is 51.7 Å². The van der Waals surface area contributed by atoms with E-state index in [9.17, 15) is 14.4 Å². The molecule has 0 aliphatic heterocycles. The first kappa shape index (κ1) is 44.1. The van der Waals surface area contributed by atoms with Crippen LogP contribution in [0.5, 0.6) is 0 Å². The first-order chi connectivity index (χ1) is 22.3. The zero-order chi connectivity index (χ0) is 34.0. The summed E-state index contributed by atoms with van der Waals surface area (Å²) in [5.74, 6) is -2.34. The normalized spacial score (nSPS) is 11.8.